The molecule has 3 rings (SSSR count). The van der Waals surface area contributed by atoms with Crippen LogP contribution in [-0.2, 0) is 20.8 Å². The van der Waals surface area contributed by atoms with Crippen molar-refractivity contribution in [1.82, 2.24) is 25.1 Å². The Labute approximate surface area is 262 Å². The summed E-state index contributed by atoms with van der Waals surface area (Å²) in [4.78, 5) is 51.2. The molecule has 0 aliphatic heterocycles. The van der Waals surface area contributed by atoms with Gasteiger partial charge in [-0.05, 0) is 37.2 Å². The van der Waals surface area contributed by atoms with Crippen LogP contribution in [0.1, 0.15) is 89.4 Å². The lowest BCUT2D eigenvalue weighted by atomic mass is 9.81. The second-order valence-electron chi connectivity index (χ2n) is 13.1. The lowest BCUT2D eigenvalue weighted by Crippen LogP contribution is -2.56. The van der Waals surface area contributed by atoms with Crippen molar-refractivity contribution in [1.29, 1.82) is 0 Å². The Morgan fingerprint density at radius 1 is 1.05 bits per heavy atom. The van der Waals surface area contributed by atoms with Crippen LogP contribution in [0.2, 0.25) is 0 Å². The number of benzene rings is 1. The van der Waals surface area contributed by atoms with Crippen LogP contribution in [0.3, 0.4) is 0 Å². The molecule has 244 valence electrons. The molecule has 0 spiro atoms. The summed E-state index contributed by atoms with van der Waals surface area (Å²) in [7, 11) is 3.26. The first-order valence-corrected chi connectivity index (χ1v) is 16.1. The molecule has 2 aromatic rings. The van der Waals surface area contributed by atoms with E-state index in [2.05, 4.69) is 15.3 Å². The minimum absolute atomic E-state index is 0.109. The third-order valence-corrected chi connectivity index (χ3v) is 8.77. The zero-order chi connectivity index (χ0) is 32.2. The Hall–Kier alpha value is -3.24. The number of H-pyrrole nitrogens is 1. The standard InChI is InChI=1S/C34H53N5O5/c1-23(2)16-30(40)33(43)29(17-25-12-8-6-9-13-25)39(21-32(42)38(4)5)34(44)27(18-28-20-35-22-36-28)19-31(41)37-24(3)26-14-10-7-11-15-26/h7,10-11,14-15,20,22-25,27,29-30,33,40,43H,6,8-9,12-13,16-19,21H2,1-5H3,(H,35,36)(H,37,41)/t24-,27+,29-,30-,33+/m0/s1. The molecule has 0 unspecified atom stereocenters. The first-order chi connectivity index (χ1) is 21.0. The molecule has 10 nitrogen and oxygen atoms in total. The predicted octanol–water partition coefficient (Wildman–Crippen LogP) is 3.86. The van der Waals surface area contributed by atoms with Crippen LogP contribution in [0.15, 0.2) is 42.9 Å². The average Bonchev–Trinajstić information content (AvgIpc) is 3.51. The van der Waals surface area contributed by atoms with Gasteiger partial charge in [-0.2, -0.15) is 0 Å². The molecule has 1 aromatic carbocycles. The van der Waals surface area contributed by atoms with Gasteiger partial charge in [-0.15, -0.1) is 0 Å². The van der Waals surface area contributed by atoms with E-state index in [4.69, 9.17) is 0 Å². The minimum Gasteiger partial charge on any atom is -0.390 e. The van der Waals surface area contributed by atoms with Gasteiger partial charge in [0.25, 0.3) is 0 Å². The Bertz CT molecular complexity index is 1150. The SMILES string of the molecule is CC(C)C[C@H](O)[C@H](O)[C@H](CC1CCCCC1)N(CC(=O)N(C)C)C(=O)[C@@H](CC(=O)N[C@@H](C)c1ccccc1)Cc1cnc[nH]1. The molecule has 1 aliphatic carbocycles. The Balaban J connectivity index is 1.95. The number of likely N-dealkylation sites (N-methyl/N-ethyl adjacent to an activating group) is 1. The minimum atomic E-state index is -1.24. The van der Waals surface area contributed by atoms with Crippen LogP contribution < -0.4 is 5.32 Å². The largest absolute Gasteiger partial charge is 0.390 e. The van der Waals surface area contributed by atoms with E-state index in [1.165, 1.54) is 16.1 Å². The summed E-state index contributed by atoms with van der Waals surface area (Å²) >= 11 is 0. The fourth-order valence-corrected chi connectivity index (χ4v) is 6.23. The van der Waals surface area contributed by atoms with Crippen LogP contribution in [0.25, 0.3) is 0 Å². The third kappa shape index (κ3) is 10.7. The summed E-state index contributed by atoms with van der Waals surface area (Å²) in [5.74, 6) is -1.40. The molecule has 1 fully saturated rings. The molecule has 1 heterocycles. The van der Waals surface area contributed by atoms with Gasteiger partial charge >= 0.3 is 0 Å². The highest BCUT2D eigenvalue weighted by molar-refractivity contribution is 5.89. The van der Waals surface area contributed by atoms with Crippen molar-refractivity contribution in [3.63, 3.8) is 0 Å². The second-order valence-corrected chi connectivity index (χ2v) is 13.1. The van der Waals surface area contributed by atoms with Crippen molar-refractivity contribution in [2.45, 2.75) is 103 Å². The van der Waals surface area contributed by atoms with Crippen molar-refractivity contribution >= 4 is 17.7 Å². The molecule has 0 radical (unpaired) electrons. The molecule has 1 aliphatic rings. The lowest BCUT2D eigenvalue weighted by molar-refractivity contribution is -0.151. The van der Waals surface area contributed by atoms with Gasteiger partial charge in [0.05, 0.1) is 30.4 Å². The third-order valence-electron chi connectivity index (χ3n) is 8.77. The molecule has 3 amide bonds. The Morgan fingerprint density at radius 2 is 1.73 bits per heavy atom. The van der Waals surface area contributed by atoms with Gasteiger partial charge in [0.2, 0.25) is 17.7 Å². The molecule has 0 bridgehead atoms. The van der Waals surface area contributed by atoms with Gasteiger partial charge in [0.15, 0.2) is 0 Å². The molecular formula is C34H53N5O5. The van der Waals surface area contributed by atoms with Gasteiger partial charge in [0.1, 0.15) is 12.6 Å². The summed E-state index contributed by atoms with van der Waals surface area (Å²) in [6.07, 6.45) is 7.07. The quantitative estimate of drug-likeness (QED) is 0.227. The van der Waals surface area contributed by atoms with Crippen molar-refractivity contribution in [2.24, 2.45) is 17.8 Å². The van der Waals surface area contributed by atoms with Gasteiger partial charge in [-0.1, -0.05) is 76.3 Å². The van der Waals surface area contributed by atoms with Crippen LogP contribution in [0, 0.1) is 17.8 Å². The number of aliphatic hydroxyl groups is 2. The number of rotatable bonds is 16. The number of hydrogen-bond acceptors (Lipinski definition) is 6. The van der Waals surface area contributed by atoms with E-state index in [9.17, 15) is 24.6 Å². The van der Waals surface area contributed by atoms with Crippen LogP contribution >= 0.6 is 0 Å². The van der Waals surface area contributed by atoms with Gasteiger partial charge < -0.3 is 30.3 Å². The molecule has 5 atom stereocenters. The molecule has 4 N–H and O–H groups in total. The van der Waals surface area contributed by atoms with E-state index in [0.717, 1.165) is 37.7 Å². The van der Waals surface area contributed by atoms with E-state index < -0.39 is 30.1 Å². The van der Waals surface area contributed by atoms with Crippen molar-refractivity contribution in [2.75, 3.05) is 20.6 Å². The highest BCUT2D eigenvalue weighted by Gasteiger charge is 2.40. The number of carbonyl (C=O) groups excluding carboxylic acids is 3. The lowest BCUT2D eigenvalue weighted by Gasteiger charge is -2.41. The van der Waals surface area contributed by atoms with E-state index in [0.29, 0.717) is 18.5 Å². The topological polar surface area (TPSA) is 139 Å². The maximum Gasteiger partial charge on any atom is 0.241 e. The number of hydrogen-bond donors (Lipinski definition) is 4. The summed E-state index contributed by atoms with van der Waals surface area (Å²) in [6, 6.07) is 8.57. The number of imidazole rings is 1. The zero-order valence-corrected chi connectivity index (χ0v) is 27.1. The fraction of sp³-hybridized carbons (Fsp3) is 0.647. The van der Waals surface area contributed by atoms with E-state index in [1.54, 1.807) is 20.3 Å². The van der Waals surface area contributed by atoms with E-state index in [-0.39, 0.29) is 49.1 Å². The Kier molecular flexibility index (Phi) is 13.9. The fourth-order valence-electron chi connectivity index (χ4n) is 6.23. The van der Waals surface area contributed by atoms with E-state index >= 15 is 0 Å². The van der Waals surface area contributed by atoms with Crippen molar-refractivity contribution < 1.29 is 24.6 Å². The number of nitrogens with zero attached hydrogens (tertiary/aromatic N) is 3. The maximum absolute atomic E-state index is 14.6. The smallest absolute Gasteiger partial charge is 0.241 e. The average molecular weight is 612 g/mol. The molecule has 0 saturated heterocycles. The highest BCUT2D eigenvalue weighted by atomic mass is 16.3. The summed E-state index contributed by atoms with van der Waals surface area (Å²) in [5.41, 5.74) is 1.64. The molecule has 10 heteroatoms. The normalized spacial score (nSPS) is 17.4. The maximum atomic E-state index is 14.6. The van der Waals surface area contributed by atoms with Gasteiger partial charge in [-0.3, -0.25) is 14.4 Å². The first-order valence-electron chi connectivity index (χ1n) is 16.1. The highest BCUT2D eigenvalue weighted by Crippen LogP contribution is 2.32. The Morgan fingerprint density at radius 3 is 2.32 bits per heavy atom. The number of amides is 3. The monoisotopic (exact) mass is 611 g/mol. The van der Waals surface area contributed by atoms with Crippen LogP contribution in [0.5, 0.6) is 0 Å². The van der Waals surface area contributed by atoms with Crippen LogP contribution in [0.4, 0.5) is 0 Å². The van der Waals surface area contributed by atoms with Crippen molar-refractivity contribution in [3.8, 4) is 0 Å². The van der Waals surface area contributed by atoms with Gasteiger partial charge in [0, 0.05) is 38.8 Å². The number of aliphatic hydroxyl groups excluding tert-OH is 2. The van der Waals surface area contributed by atoms with Crippen molar-refractivity contribution in [3.05, 3.63) is 54.1 Å². The molecule has 1 aromatic heterocycles. The number of nitrogens with one attached hydrogen (secondary N) is 2. The van der Waals surface area contributed by atoms with E-state index in [1.807, 2.05) is 51.1 Å². The molecule has 1 saturated carbocycles. The zero-order valence-electron chi connectivity index (χ0n) is 27.1. The number of aromatic amines is 1. The van der Waals surface area contributed by atoms with Crippen LogP contribution in [-0.4, -0.2) is 86.6 Å². The predicted molar refractivity (Wildman–Crippen MR) is 170 cm³/mol. The number of carbonyl (C=O) groups is 3. The summed E-state index contributed by atoms with van der Waals surface area (Å²) < 4.78 is 0. The first kappa shape index (κ1) is 35.2. The van der Waals surface area contributed by atoms with Gasteiger partial charge in [-0.25, -0.2) is 4.98 Å². The second kappa shape index (κ2) is 17.3. The summed E-state index contributed by atoms with van der Waals surface area (Å²) in [6.45, 7) is 5.59. The summed E-state index contributed by atoms with van der Waals surface area (Å²) in [5, 5.41) is 25.7. The number of aromatic nitrogens is 2. The molecule has 44 heavy (non-hydrogen) atoms. The molecular weight excluding hydrogens is 558 g/mol.